The lowest BCUT2D eigenvalue weighted by Crippen LogP contribution is -2.30. The van der Waals surface area contributed by atoms with Gasteiger partial charge in [0.2, 0.25) is 0 Å². The second kappa shape index (κ2) is 4.76. The number of carboxylic acids is 1. The van der Waals surface area contributed by atoms with Crippen LogP contribution in [0.5, 0.6) is 0 Å². The Bertz CT molecular complexity index is 754. The van der Waals surface area contributed by atoms with Gasteiger partial charge in [-0.15, -0.1) is 0 Å². The molecule has 1 atom stereocenters. The van der Waals surface area contributed by atoms with E-state index in [-0.39, 0.29) is 22.7 Å². The van der Waals surface area contributed by atoms with E-state index in [1.165, 1.54) is 12.5 Å². The molecule has 5 heteroatoms. The molecule has 21 heavy (non-hydrogen) atoms. The standard InChI is InChI=1S/C16H20N2O3/c1-16(2)7-3-4-11(9-16)18-13-6-5-10(14(19)20)8-12(13)17-15(18)21/h5-6,8,11H,3-4,7,9H2,1-2H3,(H,17,21)(H,19,20). The highest BCUT2D eigenvalue weighted by atomic mass is 16.4. The number of hydrogen-bond acceptors (Lipinski definition) is 2. The number of imidazole rings is 1. The number of nitrogens with one attached hydrogen (secondary N) is 1. The van der Waals surface area contributed by atoms with Gasteiger partial charge in [0.15, 0.2) is 0 Å². The van der Waals surface area contributed by atoms with Gasteiger partial charge in [0.25, 0.3) is 0 Å². The first kappa shape index (κ1) is 13.9. The average Bonchev–Trinajstić information content (AvgIpc) is 2.72. The van der Waals surface area contributed by atoms with Crippen LogP contribution in [0.15, 0.2) is 23.0 Å². The van der Waals surface area contributed by atoms with Gasteiger partial charge in [0.1, 0.15) is 0 Å². The van der Waals surface area contributed by atoms with Crippen molar-refractivity contribution in [3.8, 4) is 0 Å². The van der Waals surface area contributed by atoms with E-state index in [0.29, 0.717) is 5.52 Å². The lowest BCUT2D eigenvalue weighted by atomic mass is 9.75. The number of aromatic carboxylic acids is 1. The number of fused-ring (bicyclic) bond motifs is 1. The minimum absolute atomic E-state index is 0.143. The van der Waals surface area contributed by atoms with Crippen molar-refractivity contribution in [2.24, 2.45) is 5.41 Å². The molecular weight excluding hydrogens is 268 g/mol. The number of aromatic amines is 1. The van der Waals surface area contributed by atoms with E-state index in [9.17, 15) is 9.59 Å². The van der Waals surface area contributed by atoms with Crippen LogP contribution in [0.3, 0.4) is 0 Å². The van der Waals surface area contributed by atoms with Crippen LogP contribution < -0.4 is 5.69 Å². The number of carbonyl (C=O) groups is 1. The predicted octanol–water partition coefficient (Wildman–Crippen LogP) is 3.17. The molecule has 1 aliphatic rings. The zero-order valence-corrected chi connectivity index (χ0v) is 12.3. The van der Waals surface area contributed by atoms with Crippen molar-refractivity contribution in [2.75, 3.05) is 0 Å². The molecule has 1 aromatic carbocycles. The zero-order chi connectivity index (χ0) is 15.2. The molecule has 112 valence electrons. The Morgan fingerprint density at radius 3 is 2.86 bits per heavy atom. The molecule has 1 fully saturated rings. The molecule has 1 aromatic heterocycles. The van der Waals surface area contributed by atoms with Crippen molar-refractivity contribution in [3.05, 3.63) is 34.2 Å². The van der Waals surface area contributed by atoms with Crippen molar-refractivity contribution in [3.63, 3.8) is 0 Å². The number of rotatable bonds is 2. The van der Waals surface area contributed by atoms with Gasteiger partial charge in [-0.1, -0.05) is 20.3 Å². The summed E-state index contributed by atoms with van der Waals surface area (Å²) in [6, 6.07) is 5.01. The molecule has 1 unspecified atom stereocenters. The van der Waals surface area contributed by atoms with Gasteiger partial charge in [-0.2, -0.15) is 0 Å². The smallest absolute Gasteiger partial charge is 0.335 e. The number of H-pyrrole nitrogens is 1. The molecule has 1 saturated carbocycles. The molecule has 1 aliphatic carbocycles. The summed E-state index contributed by atoms with van der Waals surface area (Å²) in [6.45, 7) is 4.48. The molecular formula is C16H20N2O3. The van der Waals surface area contributed by atoms with Crippen LogP contribution in [0.2, 0.25) is 0 Å². The van der Waals surface area contributed by atoms with E-state index < -0.39 is 5.97 Å². The highest BCUT2D eigenvalue weighted by Crippen LogP contribution is 2.41. The highest BCUT2D eigenvalue weighted by molar-refractivity contribution is 5.92. The largest absolute Gasteiger partial charge is 0.478 e. The monoisotopic (exact) mass is 288 g/mol. The van der Waals surface area contributed by atoms with Gasteiger partial charge in [0, 0.05) is 6.04 Å². The van der Waals surface area contributed by atoms with Crippen molar-refractivity contribution in [1.82, 2.24) is 9.55 Å². The minimum atomic E-state index is -0.982. The van der Waals surface area contributed by atoms with E-state index in [0.717, 1.165) is 24.8 Å². The Labute approximate surface area is 122 Å². The summed E-state index contributed by atoms with van der Waals surface area (Å²) in [4.78, 5) is 26.1. The van der Waals surface area contributed by atoms with Gasteiger partial charge in [-0.05, 0) is 42.9 Å². The SMILES string of the molecule is CC1(C)CCCC(n2c(=O)[nH]c3cc(C(=O)O)ccc32)C1. The Balaban J connectivity index is 2.08. The number of nitrogens with zero attached hydrogens (tertiary/aromatic N) is 1. The third-order valence-electron chi connectivity index (χ3n) is 4.51. The molecule has 0 amide bonds. The lowest BCUT2D eigenvalue weighted by Gasteiger charge is -2.35. The average molecular weight is 288 g/mol. The van der Waals surface area contributed by atoms with Crippen molar-refractivity contribution in [1.29, 1.82) is 0 Å². The molecule has 1 heterocycles. The first-order valence-electron chi connectivity index (χ1n) is 7.35. The predicted molar refractivity (Wildman–Crippen MR) is 80.8 cm³/mol. The summed E-state index contributed by atoms with van der Waals surface area (Å²) < 4.78 is 1.81. The molecule has 2 aromatic rings. The summed E-state index contributed by atoms with van der Waals surface area (Å²) in [7, 11) is 0. The fraction of sp³-hybridized carbons (Fsp3) is 0.500. The van der Waals surface area contributed by atoms with Gasteiger partial charge in [-0.25, -0.2) is 9.59 Å². The van der Waals surface area contributed by atoms with E-state index in [4.69, 9.17) is 5.11 Å². The van der Waals surface area contributed by atoms with Crippen LogP contribution in [0.25, 0.3) is 11.0 Å². The Morgan fingerprint density at radius 2 is 2.19 bits per heavy atom. The fourth-order valence-corrected chi connectivity index (χ4v) is 3.51. The van der Waals surface area contributed by atoms with Gasteiger partial charge < -0.3 is 10.1 Å². The minimum Gasteiger partial charge on any atom is -0.478 e. The Morgan fingerprint density at radius 1 is 1.43 bits per heavy atom. The maximum absolute atomic E-state index is 12.3. The lowest BCUT2D eigenvalue weighted by molar-refractivity contribution is 0.0697. The Hall–Kier alpha value is -2.04. The van der Waals surface area contributed by atoms with E-state index in [1.54, 1.807) is 12.1 Å². The maximum Gasteiger partial charge on any atom is 0.335 e. The van der Waals surface area contributed by atoms with Gasteiger partial charge >= 0.3 is 11.7 Å². The normalized spacial score (nSPS) is 21.5. The maximum atomic E-state index is 12.3. The van der Waals surface area contributed by atoms with Gasteiger partial charge in [-0.3, -0.25) is 4.57 Å². The van der Waals surface area contributed by atoms with Crippen LogP contribution in [0.1, 0.15) is 55.9 Å². The van der Waals surface area contributed by atoms with Crippen LogP contribution in [-0.4, -0.2) is 20.6 Å². The number of aromatic nitrogens is 2. The second-order valence-electron chi connectivity index (χ2n) is 6.75. The molecule has 5 nitrogen and oxygen atoms in total. The molecule has 0 saturated heterocycles. The third-order valence-corrected chi connectivity index (χ3v) is 4.51. The zero-order valence-electron chi connectivity index (χ0n) is 12.3. The number of hydrogen-bond donors (Lipinski definition) is 2. The molecule has 0 radical (unpaired) electrons. The summed E-state index contributed by atoms with van der Waals surface area (Å²) in [6.07, 6.45) is 4.27. The molecule has 0 spiro atoms. The van der Waals surface area contributed by atoms with Gasteiger partial charge in [0.05, 0.1) is 16.6 Å². The Kier molecular flexibility index (Phi) is 3.15. The van der Waals surface area contributed by atoms with Crippen LogP contribution >= 0.6 is 0 Å². The van der Waals surface area contributed by atoms with Crippen molar-refractivity contribution >= 4 is 17.0 Å². The van der Waals surface area contributed by atoms with E-state index >= 15 is 0 Å². The van der Waals surface area contributed by atoms with Crippen molar-refractivity contribution < 1.29 is 9.90 Å². The summed E-state index contributed by atoms with van der Waals surface area (Å²) in [5, 5.41) is 9.04. The summed E-state index contributed by atoms with van der Waals surface area (Å²) in [5.74, 6) is -0.982. The first-order chi connectivity index (χ1) is 9.87. The molecule has 2 N–H and O–H groups in total. The summed E-state index contributed by atoms with van der Waals surface area (Å²) >= 11 is 0. The van der Waals surface area contributed by atoms with E-state index in [2.05, 4.69) is 18.8 Å². The van der Waals surface area contributed by atoms with Crippen LogP contribution in [0, 0.1) is 5.41 Å². The molecule has 0 bridgehead atoms. The topological polar surface area (TPSA) is 75.1 Å². The molecule has 0 aliphatic heterocycles. The fourth-order valence-electron chi connectivity index (χ4n) is 3.51. The highest BCUT2D eigenvalue weighted by Gasteiger charge is 2.30. The number of benzene rings is 1. The van der Waals surface area contributed by atoms with Crippen molar-refractivity contribution in [2.45, 2.75) is 45.6 Å². The number of carboxylic acid groups (broad SMARTS) is 1. The van der Waals surface area contributed by atoms with Crippen LogP contribution in [-0.2, 0) is 0 Å². The summed E-state index contributed by atoms with van der Waals surface area (Å²) in [5.41, 5.74) is 1.69. The quantitative estimate of drug-likeness (QED) is 0.891. The first-order valence-corrected chi connectivity index (χ1v) is 7.35. The third kappa shape index (κ3) is 2.48. The second-order valence-corrected chi connectivity index (χ2v) is 6.75. The van der Waals surface area contributed by atoms with E-state index in [1.807, 2.05) is 4.57 Å². The molecule has 3 rings (SSSR count). The van der Waals surface area contributed by atoms with Crippen LogP contribution in [0.4, 0.5) is 0 Å².